The summed E-state index contributed by atoms with van der Waals surface area (Å²) < 4.78 is 11.4. The van der Waals surface area contributed by atoms with Crippen LogP contribution in [0.3, 0.4) is 0 Å². The van der Waals surface area contributed by atoms with Crippen LogP contribution >= 0.6 is 0 Å². The molecule has 0 saturated carbocycles. The number of amides is 2. The van der Waals surface area contributed by atoms with E-state index in [-0.39, 0.29) is 18.4 Å². The van der Waals surface area contributed by atoms with Crippen molar-refractivity contribution in [3.05, 3.63) is 89.0 Å². The highest BCUT2D eigenvalue weighted by atomic mass is 16.5. The van der Waals surface area contributed by atoms with Gasteiger partial charge in [-0.3, -0.25) is 0 Å². The number of aryl methyl sites for hydroxylation is 1. The molecule has 0 spiro atoms. The number of hydrogen-bond donors (Lipinski definition) is 6. The van der Waals surface area contributed by atoms with Crippen molar-refractivity contribution in [2.75, 3.05) is 43.5 Å². The van der Waals surface area contributed by atoms with Crippen LogP contribution in [0.25, 0.3) is 0 Å². The second-order valence-corrected chi connectivity index (χ2v) is 10.2. The average Bonchev–Trinajstić information content (AvgIpc) is 2.99. The van der Waals surface area contributed by atoms with Crippen LogP contribution in [0.2, 0.25) is 0 Å². The molecule has 2 amide bonds. The minimum atomic E-state index is -0.687. The number of nitrogens with one attached hydrogen (secondary N) is 3. The summed E-state index contributed by atoms with van der Waals surface area (Å²) in [5.41, 5.74) is 4.69. The molecule has 0 bridgehead atoms. The van der Waals surface area contributed by atoms with E-state index in [9.17, 15) is 20.1 Å². The molecule has 0 aromatic heterocycles. The SMILES string of the molecule is CCc1cccc(NC(=O)Nc2cccc(COCCOCCCCCCNC[C@@H](O)c3ccc(O)c(CO)c3)c2)c1. The molecule has 0 radical (unpaired) electrons. The number of phenols is 1. The van der Waals surface area contributed by atoms with Gasteiger partial charge in [0.25, 0.3) is 0 Å². The van der Waals surface area contributed by atoms with E-state index in [0.717, 1.165) is 49.9 Å². The zero-order valence-electron chi connectivity index (χ0n) is 24.5. The number of benzene rings is 3. The first-order valence-corrected chi connectivity index (χ1v) is 14.7. The number of ether oxygens (including phenoxy) is 2. The van der Waals surface area contributed by atoms with E-state index in [4.69, 9.17) is 9.47 Å². The van der Waals surface area contributed by atoms with Gasteiger partial charge in [-0.25, -0.2) is 4.79 Å². The first-order chi connectivity index (χ1) is 20.5. The molecule has 0 unspecified atom stereocenters. The predicted molar refractivity (Wildman–Crippen MR) is 166 cm³/mol. The predicted octanol–water partition coefficient (Wildman–Crippen LogP) is 5.51. The van der Waals surface area contributed by atoms with Crippen molar-refractivity contribution in [3.8, 4) is 5.75 Å². The van der Waals surface area contributed by atoms with Crippen LogP contribution in [-0.2, 0) is 29.1 Å². The van der Waals surface area contributed by atoms with Crippen molar-refractivity contribution in [2.24, 2.45) is 0 Å². The maximum absolute atomic E-state index is 12.4. The Bertz CT molecular complexity index is 1220. The lowest BCUT2D eigenvalue weighted by Gasteiger charge is -2.14. The second-order valence-electron chi connectivity index (χ2n) is 10.2. The number of rotatable bonds is 19. The standard InChI is InChI=1S/C33H45N3O6/c1-2-25-9-7-11-29(19-25)35-33(40)36-30-12-8-10-26(20-30)24-42-18-17-41-16-6-4-3-5-15-34-22-32(39)27-13-14-31(38)28(21-27)23-37/h7-14,19-21,32,34,37-39H,2-6,15-18,22-24H2,1H3,(H2,35,36,40)/t32-/m1/s1. The zero-order valence-corrected chi connectivity index (χ0v) is 24.5. The van der Waals surface area contributed by atoms with Crippen molar-refractivity contribution in [2.45, 2.75) is 58.3 Å². The van der Waals surface area contributed by atoms with Gasteiger partial charge in [0.2, 0.25) is 0 Å². The summed E-state index contributed by atoms with van der Waals surface area (Å²) in [6.45, 7) is 5.21. The van der Waals surface area contributed by atoms with Crippen molar-refractivity contribution < 1.29 is 29.6 Å². The van der Waals surface area contributed by atoms with E-state index in [1.54, 1.807) is 12.1 Å². The van der Waals surface area contributed by atoms with E-state index >= 15 is 0 Å². The van der Waals surface area contributed by atoms with E-state index in [0.29, 0.717) is 49.8 Å². The molecular weight excluding hydrogens is 534 g/mol. The third-order valence-corrected chi connectivity index (χ3v) is 6.81. The summed E-state index contributed by atoms with van der Waals surface area (Å²) in [4.78, 5) is 12.4. The highest BCUT2D eigenvalue weighted by Gasteiger charge is 2.10. The fourth-order valence-corrected chi connectivity index (χ4v) is 4.41. The maximum Gasteiger partial charge on any atom is 0.323 e. The highest BCUT2D eigenvalue weighted by Crippen LogP contribution is 2.22. The Labute approximate surface area is 248 Å². The minimum absolute atomic E-state index is 0.0327. The molecule has 3 rings (SSSR count). The van der Waals surface area contributed by atoms with Crippen molar-refractivity contribution in [1.82, 2.24) is 5.32 Å². The number of carbonyl (C=O) groups excluding carboxylic acids is 1. The Morgan fingerprint density at radius 1 is 0.833 bits per heavy atom. The van der Waals surface area contributed by atoms with Gasteiger partial charge in [0.15, 0.2) is 0 Å². The van der Waals surface area contributed by atoms with Crippen molar-refractivity contribution >= 4 is 17.4 Å². The summed E-state index contributed by atoms with van der Waals surface area (Å²) >= 11 is 0. The summed E-state index contributed by atoms with van der Waals surface area (Å²) in [6.07, 6.45) is 4.36. The third-order valence-electron chi connectivity index (χ3n) is 6.81. The van der Waals surface area contributed by atoms with Crippen molar-refractivity contribution in [3.63, 3.8) is 0 Å². The molecule has 42 heavy (non-hydrogen) atoms. The van der Waals surface area contributed by atoms with E-state index in [1.807, 2.05) is 48.5 Å². The van der Waals surface area contributed by atoms with Crippen LogP contribution in [0.1, 0.15) is 61.0 Å². The zero-order chi connectivity index (χ0) is 30.0. The first kappa shape index (κ1) is 33.0. The van der Waals surface area contributed by atoms with Gasteiger partial charge in [-0.05, 0) is 78.9 Å². The minimum Gasteiger partial charge on any atom is -0.508 e. The molecule has 0 fully saturated rings. The topological polar surface area (TPSA) is 132 Å². The van der Waals surface area contributed by atoms with Gasteiger partial charge in [-0.2, -0.15) is 0 Å². The Morgan fingerprint density at radius 3 is 2.26 bits per heavy atom. The number of urea groups is 1. The van der Waals surface area contributed by atoms with Gasteiger partial charge in [-0.15, -0.1) is 0 Å². The molecule has 0 aliphatic carbocycles. The van der Waals surface area contributed by atoms with Crippen LogP contribution in [0.5, 0.6) is 5.75 Å². The summed E-state index contributed by atoms with van der Waals surface area (Å²) in [5, 5.41) is 38.2. The fourth-order valence-electron chi connectivity index (χ4n) is 4.41. The van der Waals surface area contributed by atoms with Crippen LogP contribution < -0.4 is 16.0 Å². The second kappa shape index (κ2) is 18.9. The monoisotopic (exact) mass is 579 g/mol. The maximum atomic E-state index is 12.4. The Kier molecular flexibility index (Phi) is 14.8. The van der Waals surface area contributed by atoms with E-state index in [2.05, 4.69) is 22.9 Å². The molecule has 0 heterocycles. The molecule has 9 heteroatoms. The number of anilines is 2. The molecule has 3 aromatic carbocycles. The molecule has 0 saturated heterocycles. The Hall–Kier alpha value is -3.47. The van der Waals surface area contributed by atoms with Crippen LogP contribution in [-0.4, -0.2) is 54.3 Å². The smallest absolute Gasteiger partial charge is 0.323 e. The van der Waals surface area contributed by atoms with Gasteiger partial charge in [0.05, 0.1) is 32.5 Å². The van der Waals surface area contributed by atoms with E-state index < -0.39 is 6.10 Å². The third kappa shape index (κ3) is 12.2. The quantitative estimate of drug-likeness (QED) is 0.103. The van der Waals surface area contributed by atoms with Crippen LogP contribution in [0, 0.1) is 0 Å². The van der Waals surface area contributed by atoms with Gasteiger partial charge < -0.3 is 40.7 Å². The molecule has 228 valence electrons. The lowest BCUT2D eigenvalue weighted by atomic mass is 10.1. The lowest BCUT2D eigenvalue weighted by molar-refractivity contribution is 0.0393. The molecule has 0 aliphatic heterocycles. The van der Waals surface area contributed by atoms with Gasteiger partial charge >= 0.3 is 6.03 Å². The summed E-state index contributed by atoms with van der Waals surface area (Å²) in [7, 11) is 0. The summed E-state index contributed by atoms with van der Waals surface area (Å²) in [5.74, 6) is 0.0327. The Morgan fingerprint density at radius 2 is 1.52 bits per heavy atom. The fraction of sp³-hybridized carbons (Fsp3) is 0.424. The largest absolute Gasteiger partial charge is 0.508 e. The van der Waals surface area contributed by atoms with Gasteiger partial charge in [0.1, 0.15) is 5.75 Å². The Balaban J connectivity index is 1.17. The molecule has 9 nitrogen and oxygen atoms in total. The van der Waals surface area contributed by atoms with Crippen LogP contribution in [0.4, 0.5) is 16.2 Å². The van der Waals surface area contributed by atoms with Gasteiger partial charge in [-0.1, -0.05) is 50.1 Å². The number of aromatic hydroxyl groups is 1. The van der Waals surface area contributed by atoms with Crippen LogP contribution in [0.15, 0.2) is 66.7 Å². The number of carbonyl (C=O) groups is 1. The molecule has 0 aliphatic rings. The summed E-state index contributed by atoms with van der Waals surface area (Å²) in [6, 6.07) is 19.9. The van der Waals surface area contributed by atoms with E-state index in [1.165, 1.54) is 11.6 Å². The number of aliphatic hydroxyl groups is 2. The average molecular weight is 580 g/mol. The normalized spacial score (nSPS) is 11.8. The highest BCUT2D eigenvalue weighted by molar-refractivity contribution is 5.99. The number of hydrogen-bond acceptors (Lipinski definition) is 7. The molecule has 3 aromatic rings. The lowest BCUT2D eigenvalue weighted by Crippen LogP contribution is -2.22. The van der Waals surface area contributed by atoms with Gasteiger partial charge in [0, 0.05) is 30.1 Å². The first-order valence-electron chi connectivity index (χ1n) is 14.7. The number of aliphatic hydroxyl groups excluding tert-OH is 2. The van der Waals surface area contributed by atoms with Crippen molar-refractivity contribution in [1.29, 1.82) is 0 Å². The molecule has 6 N–H and O–H groups in total. The molecular formula is C33H45N3O6. The number of unbranched alkanes of at least 4 members (excludes halogenated alkanes) is 3. The molecule has 1 atom stereocenters.